The second-order valence-electron chi connectivity index (χ2n) is 11.5. The first-order valence-electron chi connectivity index (χ1n) is 13.4. The van der Waals surface area contributed by atoms with Gasteiger partial charge in [-0.15, -0.1) is 0 Å². The summed E-state index contributed by atoms with van der Waals surface area (Å²) in [7, 11) is -3.97. The smallest absolute Gasteiger partial charge is 0.339 e. The predicted molar refractivity (Wildman–Crippen MR) is 147 cm³/mol. The van der Waals surface area contributed by atoms with E-state index >= 15 is 13.3 Å². The Morgan fingerprint density at radius 1 is 1.00 bits per heavy atom. The van der Waals surface area contributed by atoms with E-state index in [0.717, 1.165) is 50.4 Å². The first kappa shape index (κ1) is 27.7. The Hall–Kier alpha value is -3.49. The van der Waals surface area contributed by atoms with Gasteiger partial charge in [0, 0.05) is 42.1 Å². The molecule has 0 radical (unpaired) electrons. The molecule has 1 N–H and O–H groups in total. The summed E-state index contributed by atoms with van der Waals surface area (Å²) in [6, 6.07) is 4.90. The minimum Gasteiger partial charge on any atom is -0.478 e. The molecular formula is C30H28F4N2O4P+. The number of benzene rings is 2. The Morgan fingerprint density at radius 2 is 1.68 bits per heavy atom. The molecule has 0 aromatic heterocycles. The number of nitrogens with zero attached hydrogens (tertiary/aromatic N) is 2. The van der Waals surface area contributed by atoms with Crippen LogP contribution in [-0.4, -0.2) is 53.1 Å². The molecule has 0 saturated carbocycles. The lowest BCUT2D eigenvalue weighted by Crippen LogP contribution is -2.38. The minimum absolute atomic E-state index is 0.0952. The molecule has 41 heavy (non-hydrogen) atoms. The van der Waals surface area contributed by atoms with Crippen LogP contribution in [0, 0.1) is 23.3 Å². The fourth-order valence-corrected chi connectivity index (χ4v) is 8.43. The summed E-state index contributed by atoms with van der Waals surface area (Å²) in [5.74, 6) is -10.2. The SMILES string of the molecule is CC(C)(C)OP1(=O)C2=CC(=[N+]3CCC3)C=CC2=C(c2c(F)c(F)c(F)c(F)c2C(=O)O)c2ccc(N3CCC3)cc21. The average Bonchev–Trinajstić information content (AvgIpc) is 2.83. The molecule has 3 aliphatic heterocycles. The zero-order valence-corrected chi connectivity index (χ0v) is 23.6. The van der Waals surface area contributed by atoms with Gasteiger partial charge in [0.05, 0.1) is 22.6 Å². The zero-order valence-electron chi connectivity index (χ0n) is 22.7. The summed E-state index contributed by atoms with van der Waals surface area (Å²) in [6.07, 6.45) is 6.83. The van der Waals surface area contributed by atoms with E-state index in [0.29, 0.717) is 0 Å². The third kappa shape index (κ3) is 4.30. The maximum atomic E-state index is 15.7. The first-order chi connectivity index (χ1) is 19.3. The molecule has 1 aliphatic carbocycles. The van der Waals surface area contributed by atoms with Gasteiger partial charge in [0.1, 0.15) is 18.7 Å². The summed E-state index contributed by atoms with van der Waals surface area (Å²) in [5.41, 5.74) is -1.76. The van der Waals surface area contributed by atoms with Gasteiger partial charge < -0.3 is 14.5 Å². The molecule has 6 rings (SSSR count). The highest BCUT2D eigenvalue weighted by Gasteiger charge is 2.47. The molecule has 0 spiro atoms. The van der Waals surface area contributed by atoms with Gasteiger partial charge in [-0.1, -0.05) is 6.07 Å². The minimum atomic E-state index is -3.97. The van der Waals surface area contributed by atoms with Crippen molar-refractivity contribution in [2.24, 2.45) is 0 Å². The molecule has 11 heteroatoms. The topological polar surface area (TPSA) is 69.8 Å². The van der Waals surface area contributed by atoms with Crippen LogP contribution in [-0.2, 0) is 9.09 Å². The second-order valence-corrected chi connectivity index (χ2v) is 13.8. The van der Waals surface area contributed by atoms with Crippen molar-refractivity contribution in [2.75, 3.05) is 31.1 Å². The van der Waals surface area contributed by atoms with Crippen molar-refractivity contribution in [2.45, 2.75) is 39.2 Å². The van der Waals surface area contributed by atoms with Crippen LogP contribution in [0.1, 0.15) is 55.1 Å². The number of carboxylic acids is 1. The van der Waals surface area contributed by atoms with Crippen LogP contribution in [0.25, 0.3) is 5.57 Å². The van der Waals surface area contributed by atoms with Crippen molar-refractivity contribution in [1.29, 1.82) is 0 Å². The van der Waals surface area contributed by atoms with Crippen LogP contribution in [0.3, 0.4) is 0 Å². The van der Waals surface area contributed by atoms with Gasteiger partial charge in [0.2, 0.25) is 5.71 Å². The summed E-state index contributed by atoms with van der Waals surface area (Å²) < 4.78 is 83.3. The van der Waals surface area contributed by atoms with Crippen LogP contribution < -0.4 is 10.2 Å². The number of halogens is 4. The van der Waals surface area contributed by atoms with Crippen molar-refractivity contribution >= 4 is 35.6 Å². The highest BCUT2D eigenvalue weighted by molar-refractivity contribution is 7.71. The van der Waals surface area contributed by atoms with Gasteiger partial charge in [-0.25, -0.2) is 26.9 Å². The molecule has 0 amide bonds. The van der Waals surface area contributed by atoms with Gasteiger partial charge >= 0.3 is 5.97 Å². The molecule has 2 saturated heterocycles. The van der Waals surface area contributed by atoms with E-state index < -0.39 is 53.3 Å². The maximum absolute atomic E-state index is 15.7. The molecule has 2 aromatic rings. The van der Waals surface area contributed by atoms with Crippen LogP contribution in [0.4, 0.5) is 23.2 Å². The first-order valence-corrected chi connectivity index (χ1v) is 15.0. The monoisotopic (exact) mass is 587 g/mol. The highest BCUT2D eigenvalue weighted by Crippen LogP contribution is 2.65. The number of carboxylic acid groups (broad SMARTS) is 1. The maximum Gasteiger partial charge on any atom is 0.339 e. The van der Waals surface area contributed by atoms with Crippen molar-refractivity contribution in [3.05, 3.63) is 87.3 Å². The summed E-state index contributed by atoms with van der Waals surface area (Å²) in [4.78, 5) is 14.3. The number of carbonyl (C=O) groups is 1. The fraction of sp³-hybridized carbons (Fsp3) is 0.333. The van der Waals surface area contributed by atoms with Crippen LogP contribution in [0.5, 0.6) is 0 Å². The lowest BCUT2D eigenvalue weighted by molar-refractivity contribution is -0.582. The number of rotatable bonds is 4. The van der Waals surface area contributed by atoms with Gasteiger partial charge in [-0.05, 0) is 56.5 Å². The highest BCUT2D eigenvalue weighted by atomic mass is 31.2. The van der Waals surface area contributed by atoms with Gasteiger partial charge in [0.15, 0.2) is 23.3 Å². The van der Waals surface area contributed by atoms with Gasteiger partial charge in [-0.3, -0.25) is 4.57 Å². The number of anilines is 1. The Balaban J connectivity index is 1.75. The van der Waals surface area contributed by atoms with E-state index in [9.17, 15) is 18.7 Å². The molecule has 0 bridgehead atoms. The Morgan fingerprint density at radius 3 is 2.24 bits per heavy atom. The van der Waals surface area contributed by atoms with E-state index in [4.69, 9.17) is 4.52 Å². The quantitative estimate of drug-likeness (QED) is 0.156. The number of allylic oxidation sites excluding steroid dienone is 5. The molecule has 1 atom stereocenters. The van der Waals surface area contributed by atoms with E-state index in [1.807, 2.05) is 9.48 Å². The van der Waals surface area contributed by atoms with Crippen LogP contribution in [0.2, 0.25) is 0 Å². The summed E-state index contributed by atoms with van der Waals surface area (Å²) in [5, 5.41) is 10.2. The fourth-order valence-electron chi connectivity index (χ4n) is 5.59. The number of aromatic carboxylic acids is 1. The van der Waals surface area contributed by atoms with Crippen LogP contribution in [0.15, 0.2) is 47.3 Å². The van der Waals surface area contributed by atoms with Crippen molar-refractivity contribution in [3.63, 3.8) is 0 Å². The zero-order chi connectivity index (χ0) is 29.4. The van der Waals surface area contributed by atoms with Gasteiger partial charge in [0.25, 0.3) is 7.37 Å². The average molecular weight is 588 g/mol. The molecular weight excluding hydrogens is 559 g/mol. The number of fused-ring (bicyclic) bond motifs is 2. The van der Waals surface area contributed by atoms with E-state index in [1.54, 1.807) is 45.1 Å². The van der Waals surface area contributed by atoms with E-state index in [1.165, 1.54) is 12.1 Å². The standard InChI is InChI=1S/C30H27F4N2O4P/c1-30(2,3)40-41(39)20-14-16(35-10-4-11-35)6-8-18(20)22(19-9-7-17(15-21(19)41)36-12-5-13-36)23-24(29(37)38)26(32)28(34)27(33)25(23)31/h6-9,14-15H,4-5,10-13H2,1-3H3/p+1. The number of hydrogen-bond acceptors (Lipinski definition) is 4. The van der Waals surface area contributed by atoms with Crippen molar-refractivity contribution in [3.8, 4) is 0 Å². The third-order valence-electron chi connectivity index (χ3n) is 7.71. The summed E-state index contributed by atoms with van der Waals surface area (Å²) in [6.45, 7) is 8.30. The molecule has 4 aliphatic rings. The third-order valence-corrected chi connectivity index (χ3v) is 10.5. The Kier molecular flexibility index (Phi) is 6.43. The van der Waals surface area contributed by atoms with Crippen molar-refractivity contribution < 1.29 is 41.1 Å². The Bertz CT molecular complexity index is 1710. The lowest BCUT2D eigenvalue weighted by atomic mass is 9.86. The molecule has 6 nitrogen and oxygen atoms in total. The molecule has 214 valence electrons. The predicted octanol–water partition coefficient (Wildman–Crippen LogP) is 6.00. The second kappa shape index (κ2) is 9.53. The van der Waals surface area contributed by atoms with Gasteiger partial charge in [-0.2, -0.15) is 0 Å². The summed E-state index contributed by atoms with van der Waals surface area (Å²) >= 11 is 0. The molecule has 1 unspecified atom stereocenters. The van der Waals surface area contributed by atoms with Crippen molar-refractivity contribution in [1.82, 2.24) is 0 Å². The number of hydrogen-bond donors (Lipinski definition) is 1. The van der Waals surface area contributed by atoms with E-state index in [-0.39, 0.29) is 27.3 Å². The molecule has 3 heterocycles. The normalized spacial score (nSPS) is 21.7. The largest absolute Gasteiger partial charge is 0.478 e. The van der Waals surface area contributed by atoms with E-state index in [2.05, 4.69) is 0 Å². The van der Waals surface area contributed by atoms with Crippen LogP contribution >= 0.6 is 7.37 Å². The Labute approximate surface area is 234 Å². The molecule has 2 fully saturated rings. The lowest BCUT2D eigenvalue weighted by Gasteiger charge is -2.38. The molecule has 2 aromatic carbocycles.